The molecule has 1 N–H and O–H groups in total. The fourth-order valence-electron chi connectivity index (χ4n) is 4.01. The number of carbonyl (C=O) groups is 2. The quantitative estimate of drug-likeness (QED) is 0.0727. The van der Waals surface area contributed by atoms with Crippen LogP contribution in [0.5, 0.6) is 23.0 Å². The van der Waals surface area contributed by atoms with E-state index in [0.717, 1.165) is 15.6 Å². The molecule has 4 aromatic carbocycles. The number of fused-ring (bicyclic) bond motifs is 1. The van der Waals surface area contributed by atoms with Gasteiger partial charge in [-0.05, 0) is 66.6 Å². The highest BCUT2D eigenvalue weighted by atomic mass is 35.5. The van der Waals surface area contributed by atoms with E-state index in [-0.39, 0.29) is 5.75 Å². The number of carbonyl (C=O) groups excluding carboxylic acids is 2. The molecule has 1 heterocycles. The third-order valence-electron chi connectivity index (χ3n) is 6.25. The number of amides is 1. The van der Waals surface area contributed by atoms with E-state index in [1.807, 2.05) is 54.6 Å². The Bertz CT molecular complexity index is 1760. The van der Waals surface area contributed by atoms with Crippen molar-refractivity contribution in [1.82, 2.24) is 5.43 Å². The van der Waals surface area contributed by atoms with Crippen molar-refractivity contribution in [2.45, 2.75) is 19.6 Å². The molecule has 1 unspecified atom stereocenters. The van der Waals surface area contributed by atoms with Crippen molar-refractivity contribution in [3.8, 4) is 23.0 Å². The first-order valence-electron chi connectivity index (χ1n) is 13.2. The molecule has 1 aromatic heterocycles. The van der Waals surface area contributed by atoms with Gasteiger partial charge in [-0.25, -0.2) is 10.2 Å². The number of halogens is 1. The van der Waals surface area contributed by atoms with E-state index in [1.165, 1.54) is 24.7 Å². The van der Waals surface area contributed by atoms with Crippen LogP contribution < -0.4 is 24.4 Å². The van der Waals surface area contributed by atoms with E-state index in [9.17, 15) is 9.59 Å². The molecule has 8 nitrogen and oxygen atoms in total. The van der Waals surface area contributed by atoms with Crippen LogP contribution in [-0.2, 0) is 11.4 Å². The summed E-state index contributed by atoms with van der Waals surface area (Å²) in [6, 6.07) is 29.3. The van der Waals surface area contributed by atoms with Gasteiger partial charge in [-0.3, -0.25) is 4.79 Å². The molecule has 0 radical (unpaired) electrons. The summed E-state index contributed by atoms with van der Waals surface area (Å²) in [6.07, 6.45) is 0.644. The molecule has 10 heteroatoms. The zero-order valence-corrected chi connectivity index (χ0v) is 24.9. The van der Waals surface area contributed by atoms with Crippen LogP contribution in [0.2, 0.25) is 5.02 Å². The van der Waals surface area contributed by atoms with Crippen molar-refractivity contribution < 1.29 is 28.5 Å². The van der Waals surface area contributed by atoms with Gasteiger partial charge in [0.05, 0.1) is 18.3 Å². The van der Waals surface area contributed by atoms with Gasteiger partial charge in [0, 0.05) is 10.1 Å². The Labute approximate surface area is 257 Å². The number of hydrogen-bond acceptors (Lipinski definition) is 8. The Balaban J connectivity index is 1.13. The molecule has 1 atom stereocenters. The van der Waals surface area contributed by atoms with Gasteiger partial charge < -0.3 is 18.9 Å². The maximum Gasteiger partial charge on any atom is 0.355 e. The Morgan fingerprint density at radius 2 is 1.65 bits per heavy atom. The number of hydrogen-bond donors (Lipinski definition) is 1. The fourth-order valence-corrected chi connectivity index (χ4v) is 5.40. The van der Waals surface area contributed by atoms with E-state index in [2.05, 4.69) is 10.5 Å². The average molecular weight is 615 g/mol. The maximum absolute atomic E-state index is 12.9. The van der Waals surface area contributed by atoms with Crippen molar-refractivity contribution in [3.05, 3.63) is 118 Å². The van der Waals surface area contributed by atoms with E-state index in [0.29, 0.717) is 39.3 Å². The van der Waals surface area contributed by atoms with Crippen LogP contribution in [0, 0.1) is 0 Å². The first-order chi connectivity index (χ1) is 20.9. The SMILES string of the molecule is COc1cc(/C=N/NC(=O)C(C)Oc2ccc(OCc3ccccc3)cc2)ccc1OC(=O)c1sc2ccccc2c1Cl. The van der Waals surface area contributed by atoms with E-state index in [1.54, 1.807) is 49.4 Å². The van der Waals surface area contributed by atoms with Gasteiger partial charge in [-0.15, -0.1) is 11.3 Å². The lowest BCUT2D eigenvalue weighted by Gasteiger charge is -2.13. The monoisotopic (exact) mass is 614 g/mol. The van der Waals surface area contributed by atoms with Crippen LogP contribution in [0.15, 0.2) is 102 Å². The van der Waals surface area contributed by atoms with Crippen LogP contribution in [-0.4, -0.2) is 31.3 Å². The third kappa shape index (κ3) is 7.51. The van der Waals surface area contributed by atoms with E-state index >= 15 is 0 Å². The number of ether oxygens (including phenoxy) is 4. The van der Waals surface area contributed by atoms with Gasteiger partial charge in [-0.2, -0.15) is 5.10 Å². The van der Waals surface area contributed by atoms with Crippen LogP contribution in [0.25, 0.3) is 10.1 Å². The number of methoxy groups -OCH3 is 1. The zero-order chi connectivity index (χ0) is 30.2. The van der Waals surface area contributed by atoms with Crippen molar-refractivity contribution >= 4 is 51.1 Å². The predicted octanol–water partition coefficient (Wildman–Crippen LogP) is 7.28. The standard InChI is InChI=1S/C33H27ClN2O6S/c1-21(41-25-15-13-24(14-16-25)40-20-22-8-4-3-5-9-22)32(37)36-35-19-23-12-17-27(28(18-23)39-2)42-33(38)31-30(34)26-10-6-7-11-29(26)43-31/h3-19,21H,20H2,1-2H3,(H,36,37)/b35-19+. The third-order valence-corrected chi connectivity index (χ3v) is 7.91. The lowest BCUT2D eigenvalue weighted by Crippen LogP contribution is -2.33. The summed E-state index contributed by atoms with van der Waals surface area (Å²) in [7, 11) is 1.46. The lowest BCUT2D eigenvalue weighted by atomic mass is 10.2. The molecule has 0 bridgehead atoms. The summed E-state index contributed by atoms with van der Waals surface area (Å²) in [5.41, 5.74) is 4.14. The summed E-state index contributed by atoms with van der Waals surface area (Å²) in [5, 5.41) is 5.17. The minimum absolute atomic E-state index is 0.223. The summed E-state index contributed by atoms with van der Waals surface area (Å²) in [6.45, 7) is 2.08. The molecule has 1 amide bonds. The molecule has 0 fully saturated rings. The second kappa shape index (κ2) is 13.9. The number of benzene rings is 4. The molecule has 5 aromatic rings. The molecule has 5 rings (SSSR count). The molecular formula is C33H27ClN2O6S. The molecule has 0 spiro atoms. The molecule has 0 aliphatic heterocycles. The summed E-state index contributed by atoms with van der Waals surface area (Å²) in [4.78, 5) is 25.7. The van der Waals surface area contributed by atoms with E-state index in [4.69, 9.17) is 30.5 Å². The molecule has 0 saturated carbocycles. The summed E-state index contributed by atoms with van der Waals surface area (Å²) >= 11 is 7.68. The van der Waals surface area contributed by atoms with Gasteiger partial charge in [0.15, 0.2) is 17.6 Å². The number of nitrogens with zero attached hydrogens (tertiary/aromatic N) is 1. The molecule has 43 heavy (non-hydrogen) atoms. The van der Waals surface area contributed by atoms with Crippen molar-refractivity contribution in [1.29, 1.82) is 0 Å². The van der Waals surface area contributed by atoms with Crippen molar-refractivity contribution in [2.75, 3.05) is 7.11 Å². The topological polar surface area (TPSA) is 95.5 Å². The molecule has 0 aliphatic rings. The average Bonchev–Trinajstić information content (AvgIpc) is 3.38. The number of esters is 1. The normalized spacial score (nSPS) is 11.7. The number of hydrazone groups is 1. The Hall–Kier alpha value is -4.86. The largest absolute Gasteiger partial charge is 0.493 e. The Morgan fingerprint density at radius 1 is 0.930 bits per heavy atom. The summed E-state index contributed by atoms with van der Waals surface area (Å²) in [5.74, 6) is 0.734. The molecule has 0 saturated heterocycles. The Kier molecular flexibility index (Phi) is 9.56. The number of thiophene rings is 1. The van der Waals surface area contributed by atoms with Crippen LogP contribution in [0.3, 0.4) is 0 Å². The van der Waals surface area contributed by atoms with Gasteiger partial charge >= 0.3 is 5.97 Å². The first kappa shape index (κ1) is 29.6. The molecule has 218 valence electrons. The summed E-state index contributed by atoms with van der Waals surface area (Å²) < 4.78 is 23.4. The molecule has 0 aliphatic carbocycles. The zero-order valence-electron chi connectivity index (χ0n) is 23.3. The maximum atomic E-state index is 12.9. The first-order valence-corrected chi connectivity index (χ1v) is 14.4. The van der Waals surface area contributed by atoms with Crippen LogP contribution in [0.4, 0.5) is 0 Å². The minimum atomic E-state index is -0.801. The minimum Gasteiger partial charge on any atom is -0.493 e. The molecular weight excluding hydrogens is 588 g/mol. The van der Waals surface area contributed by atoms with Crippen molar-refractivity contribution in [2.24, 2.45) is 5.10 Å². The van der Waals surface area contributed by atoms with Crippen molar-refractivity contribution in [3.63, 3.8) is 0 Å². The van der Waals surface area contributed by atoms with Gasteiger partial charge in [-0.1, -0.05) is 60.1 Å². The predicted molar refractivity (Wildman–Crippen MR) is 168 cm³/mol. The van der Waals surface area contributed by atoms with Gasteiger partial charge in [0.25, 0.3) is 5.91 Å². The highest BCUT2D eigenvalue weighted by Gasteiger charge is 2.20. The van der Waals surface area contributed by atoms with Crippen LogP contribution in [0.1, 0.15) is 27.7 Å². The fraction of sp³-hybridized carbons (Fsp3) is 0.121. The second-order valence-electron chi connectivity index (χ2n) is 9.28. The highest BCUT2D eigenvalue weighted by Crippen LogP contribution is 2.37. The Morgan fingerprint density at radius 3 is 2.40 bits per heavy atom. The van der Waals surface area contributed by atoms with Gasteiger partial charge in [0.2, 0.25) is 0 Å². The number of nitrogens with one attached hydrogen (secondary N) is 1. The number of rotatable bonds is 11. The van der Waals surface area contributed by atoms with Gasteiger partial charge in [0.1, 0.15) is 23.0 Å². The lowest BCUT2D eigenvalue weighted by molar-refractivity contribution is -0.127. The second-order valence-corrected chi connectivity index (χ2v) is 10.7. The van der Waals surface area contributed by atoms with Crippen LogP contribution >= 0.6 is 22.9 Å². The smallest absolute Gasteiger partial charge is 0.355 e. The van der Waals surface area contributed by atoms with E-state index < -0.39 is 18.0 Å². The highest BCUT2D eigenvalue weighted by molar-refractivity contribution is 7.21.